The number of carbonyl (C=O) groups is 2. The van der Waals surface area contributed by atoms with Crippen LogP contribution in [0, 0.1) is 5.82 Å². The van der Waals surface area contributed by atoms with Crippen molar-refractivity contribution in [3.63, 3.8) is 0 Å². The SMILES string of the molecule is CCOC(=O)/C=c1\s/c(=C/c2ccccc2F)c(=O)n1Cc1cc(C(C)=O)ccc1OCC. The molecule has 0 aliphatic rings. The Kier molecular flexibility index (Phi) is 7.95. The van der Waals surface area contributed by atoms with Crippen LogP contribution in [0.15, 0.2) is 47.3 Å². The Morgan fingerprint density at radius 1 is 1.12 bits per heavy atom. The number of Topliss-reactive ketones (excluding diaryl/α,β-unsaturated/α-hetero) is 1. The molecule has 0 saturated heterocycles. The van der Waals surface area contributed by atoms with Crippen LogP contribution in [0.25, 0.3) is 12.2 Å². The second-order valence-electron chi connectivity index (χ2n) is 7.07. The maximum atomic E-state index is 14.2. The molecule has 172 valence electrons. The largest absolute Gasteiger partial charge is 0.494 e. The number of aromatic nitrogens is 1. The first-order chi connectivity index (χ1) is 15.8. The van der Waals surface area contributed by atoms with Crippen molar-refractivity contribution in [2.45, 2.75) is 27.3 Å². The molecular formula is C25H24FNO5S. The molecule has 0 radical (unpaired) electrons. The highest BCUT2D eigenvalue weighted by molar-refractivity contribution is 7.07. The fourth-order valence-electron chi connectivity index (χ4n) is 3.20. The van der Waals surface area contributed by atoms with E-state index in [9.17, 15) is 18.8 Å². The molecule has 8 heteroatoms. The lowest BCUT2D eigenvalue weighted by Crippen LogP contribution is -2.32. The summed E-state index contributed by atoms with van der Waals surface area (Å²) < 4.78 is 26.9. The highest BCUT2D eigenvalue weighted by Gasteiger charge is 2.13. The summed E-state index contributed by atoms with van der Waals surface area (Å²) >= 11 is 1.06. The van der Waals surface area contributed by atoms with Gasteiger partial charge in [-0.25, -0.2) is 9.18 Å². The van der Waals surface area contributed by atoms with Crippen molar-refractivity contribution >= 4 is 35.2 Å². The number of ether oxygens (including phenoxy) is 2. The number of carbonyl (C=O) groups excluding carboxylic acids is 2. The van der Waals surface area contributed by atoms with Crippen LogP contribution in [0.2, 0.25) is 0 Å². The molecule has 0 amide bonds. The van der Waals surface area contributed by atoms with Gasteiger partial charge >= 0.3 is 5.97 Å². The molecule has 1 aromatic heterocycles. The van der Waals surface area contributed by atoms with Crippen molar-refractivity contribution in [2.75, 3.05) is 13.2 Å². The van der Waals surface area contributed by atoms with Crippen molar-refractivity contribution in [2.24, 2.45) is 0 Å². The fraction of sp³-hybridized carbons (Fsp3) is 0.240. The Morgan fingerprint density at radius 3 is 2.55 bits per heavy atom. The van der Waals surface area contributed by atoms with Crippen molar-refractivity contribution in [1.82, 2.24) is 4.57 Å². The van der Waals surface area contributed by atoms with Gasteiger partial charge in [-0.3, -0.25) is 14.2 Å². The molecule has 0 fully saturated rings. The monoisotopic (exact) mass is 469 g/mol. The van der Waals surface area contributed by atoms with Gasteiger partial charge in [0.15, 0.2) is 5.78 Å². The lowest BCUT2D eigenvalue weighted by molar-refractivity contribution is -0.135. The Morgan fingerprint density at radius 2 is 1.88 bits per heavy atom. The van der Waals surface area contributed by atoms with Gasteiger partial charge in [0.05, 0.1) is 30.4 Å². The predicted octanol–water partition coefficient (Wildman–Crippen LogP) is 2.87. The molecule has 2 aromatic carbocycles. The number of rotatable bonds is 8. The number of thiazole rings is 1. The van der Waals surface area contributed by atoms with Crippen LogP contribution in [0.4, 0.5) is 4.39 Å². The zero-order chi connectivity index (χ0) is 24.0. The van der Waals surface area contributed by atoms with E-state index in [1.54, 1.807) is 43.3 Å². The van der Waals surface area contributed by atoms with Gasteiger partial charge in [0.2, 0.25) is 0 Å². The fourth-order valence-corrected chi connectivity index (χ4v) is 4.22. The molecule has 0 aliphatic carbocycles. The molecule has 33 heavy (non-hydrogen) atoms. The Balaban J connectivity index is 2.21. The zero-order valence-corrected chi connectivity index (χ0v) is 19.4. The maximum Gasteiger partial charge on any atom is 0.333 e. The number of hydrogen-bond donors (Lipinski definition) is 0. The second-order valence-corrected chi connectivity index (χ2v) is 8.13. The average molecular weight is 470 g/mol. The van der Waals surface area contributed by atoms with Crippen molar-refractivity contribution in [1.29, 1.82) is 0 Å². The third-order valence-electron chi connectivity index (χ3n) is 4.75. The average Bonchev–Trinajstić information content (AvgIpc) is 3.05. The number of halogens is 1. The van der Waals surface area contributed by atoms with E-state index in [2.05, 4.69) is 0 Å². The number of benzene rings is 2. The first-order valence-corrected chi connectivity index (χ1v) is 11.3. The quantitative estimate of drug-likeness (QED) is 0.375. The van der Waals surface area contributed by atoms with Gasteiger partial charge in [-0.15, -0.1) is 11.3 Å². The van der Waals surface area contributed by atoms with Gasteiger partial charge in [0, 0.05) is 16.7 Å². The topological polar surface area (TPSA) is 74.6 Å². The van der Waals surface area contributed by atoms with E-state index in [4.69, 9.17) is 9.47 Å². The van der Waals surface area contributed by atoms with E-state index in [0.29, 0.717) is 28.1 Å². The summed E-state index contributed by atoms with van der Waals surface area (Å²) in [6.45, 7) is 5.63. The van der Waals surface area contributed by atoms with Crippen LogP contribution in [-0.4, -0.2) is 29.5 Å². The van der Waals surface area contributed by atoms with Crippen LogP contribution in [0.3, 0.4) is 0 Å². The van der Waals surface area contributed by atoms with Crippen LogP contribution in [0.1, 0.15) is 42.3 Å². The van der Waals surface area contributed by atoms with Crippen molar-refractivity contribution in [3.8, 4) is 5.75 Å². The number of hydrogen-bond acceptors (Lipinski definition) is 6. The van der Waals surface area contributed by atoms with Gasteiger partial charge in [-0.1, -0.05) is 18.2 Å². The van der Waals surface area contributed by atoms with Gasteiger partial charge in [0.1, 0.15) is 16.2 Å². The van der Waals surface area contributed by atoms with Gasteiger partial charge in [-0.05, 0) is 51.1 Å². The third-order valence-corrected chi connectivity index (χ3v) is 5.81. The first kappa shape index (κ1) is 24.1. The molecule has 0 spiro atoms. The summed E-state index contributed by atoms with van der Waals surface area (Å²) in [5, 5.41) is 0. The Labute approximate surface area is 194 Å². The van der Waals surface area contributed by atoms with Crippen molar-refractivity contribution in [3.05, 3.63) is 84.5 Å². The smallest absolute Gasteiger partial charge is 0.333 e. The van der Waals surface area contributed by atoms with E-state index in [1.165, 1.54) is 29.7 Å². The third kappa shape index (κ3) is 5.84. The standard InChI is InChI=1S/C25H24FNO5S/c1-4-31-21-11-10-17(16(3)28)12-19(21)15-27-23(14-24(29)32-5-2)33-22(25(27)30)13-18-8-6-7-9-20(18)26/h6-14H,4-5,15H2,1-3H3/b22-13+,23-14-. The summed E-state index contributed by atoms with van der Waals surface area (Å²) in [5.74, 6) is -0.640. The van der Waals surface area contributed by atoms with Crippen LogP contribution in [0.5, 0.6) is 5.75 Å². The van der Waals surface area contributed by atoms with E-state index in [-0.39, 0.29) is 29.0 Å². The summed E-state index contributed by atoms with van der Waals surface area (Å²) in [6, 6.07) is 11.1. The predicted molar refractivity (Wildman–Crippen MR) is 126 cm³/mol. The highest BCUT2D eigenvalue weighted by atomic mass is 32.1. The molecule has 0 atom stereocenters. The summed E-state index contributed by atoms with van der Waals surface area (Å²) in [4.78, 5) is 37.3. The zero-order valence-electron chi connectivity index (χ0n) is 18.6. The molecule has 0 unspecified atom stereocenters. The van der Waals surface area contributed by atoms with Crippen LogP contribution in [-0.2, 0) is 16.1 Å². The lowest BCUT2D eigenvalue weighted by atomic mass is 10.1. The van der Waals surface area contributed by atoms with Gasteiger partial charge in [-0.2, -0.15) is 0 Å². The minimum absolute atomic E-state index is 0.0577. The number of ketones is 1. The van der Waals surface area contributed by atoms with Crippen LogP contribution < -0.4 is 19.5 Å². The minimum atomic E-state index is -0.590. The van der Waals surface area contributed by atoms with Gasteiger partial charge < -0.3 is 9.47 Å². The second kappa shape index (κ2) is 10.9. The molecule has 3 rings (SSSR count). The lowest BCUT2D eigenvalue weighted by Gasteiger charge is -2.12. The van der Waals surface area contributed by atoms with E-state index < -0.39 is 17.3 Å². The van der Waals surface area contributed by atoms with E-state index in [1.807, 2.05) is 6.92 Å². The summed E-state index contributed by atoms with van der Waals surface area (Å²) in [7, 11) is 0. The number of esters is 1. The summed E-state index contributed by atoms with van der Waals surface area (Å²) in [6.07, 6.45) is 2.69. The van der Waals surface area contributed by atoms with E-state index >= 15 is 0 Å². The first-order valence-electron chi connectivity index (χ1n) is 10.4. The molecule has 6 nitrogen and oxygen atoms in total. The molecule has 1 heterocycles. The molecule has 3 aromatic rings. The Bertz CT molecular complexity index is 1360. The molecule has 0 saturated carbocycles. The van der Waals surface area contributed by atoms with Crippen molar-refractivity contribution < 1.29 is 23.5 Å². The van der Waals surface area contributed by atoms with Crippen LogP contribution >= 0.6 is 11.3 Å². The molecular weight excluding hydrogens is 445 g/mol. The highest BCUT2D eigenvalue weighted by Crippen LogP contribution is 2.21. The normalized spacial score (nSPS) is 12.1. The maximum absolute atomic E-state index is 14.2. The minimum Gasteiger partial charge on any atom is -0.494 e. The molecule has 0 bridgehead atoms. The summed E-state index contributed by atoms with van der Waals surface area (Å²) in [5.41, 5.74) is 0.958. The number of nitrogens with zero attached hydrogens (tertiary/aromatic N) is 1. The van der Waals surface area contributed by atoms with E-state index in [0.717, 1.165) is 11.3 Å². The van der Waals surface area contributed by atoms with Gasteiger partial charge in [0.25, 0.3) is 5.56 Å². The molecule has 0 N–H and O–H groups in total. The molecule has 0 aliphatic heterocycles. The Hall–Kier alpha value is -3.52.